The molecule has 0 atom stereocenters. The zero-order valence-corrected chi connectivity index (χ0v) is 19.3. The van der Waals surface area contributed by atoms with Gasteiger partial charge in [0.15, 0.2) is 0 Å². The first-order chi connectivity index (χ1) is 15.6. The molecule has 0 radical (unpaired) electrons. The van der Waals surface area contributed by atoms with E-state index in [1.807, 2.05) is 12.1 Å². The summed E-state index contributed by atoms with van der Waals surface area (Å²) in [5, 5.41) is 3.30. The highest BCUT2D eigenvalue weighted by Crippen LogP contribution is 2.10. The van der Waals surface area contributed by atoms with E-state index in [9.17, 15) is 9.59 Å². The van der Waals surface area contributed by atoms with Crippen molar-refractivity contribution in [2.45, 2.75) is 26.7 Å². The fourth-order valence-electron chi connectivity index (χ4n) is 2.42. The number of hydrogen-bond donors (Lipinski definition) is 1. The molecule has 0 bridgehead atoms. The highest BCUT2D eigenvalue weighted by molar-refractivity contribution is 5.89. The molecular weight excluding hydrogens is 418 g/mol. The van der Waals surface area contributed by atoms with Crippen LogP contribution in [0.5, 0.6) is 0 Å². The van der Waals surface area contributed by atoms with Crippen LogP contribution in [0, 0.1) is 0 Å². The summed E-state index contributed by atoms with van der Waals surface area (Å²) < 4.78 is 31.3. The monoisotopic (exact) mass is 455 g/mol. The van der Waals surface area contributed by atoms with E-state index in [0.717, 1.165) is 25.1 Å². The van der Waals surface area contributed by atoms with Gasteiger partial charge in [-0.2, -0.15) is 0 Å². The molecule has 182 valence electrons. The van der Waals surface area contributed by atoms with Gasteiger partial charge in [-0.25, -0.2) is 4.79 Å². The van der Waals surface area contributed by atoms with Crippen molar-refractivity contribution in [1.82, 2.24) is 0 Å². The highest BCUT2D eigenvalue weighted by atomic mass is 16.6. The molecule has 1 N–H and O–H groups in total. The van der Waals surface area contributed by atoms with E-state index < -0.39 is 0 Å². The molecule has 0 aromatic heterocycles. The smallest absolute Gasteiger partial charge is 0.338 e. The van der Waals surface area contributed by atoms with Crippen molar-refractivity contribution in [2.75, 3.05) is 77.9 Å². The quantitative estimate of drug-likeness (QED) is 0.235. The number of nitrogens with one attached hydrogen (secondary N) is 1. The van der Waals surface area contributed by atoms with Crippen molar-refractivity contribution in [2.24, 2.45) is 0 Å². The number of carbonyl (C=O) groups is 2. The van der Waals surface area contributed by atoms with Crippen molar-refractivity contribution < 1.29 is 38.0 Å². The Kier molecular flexibility index (Phi) is 16.9. The number of anilines is 1. The Hall–Kier alpha value is -2.20. The number of benzene rings is 1. The zero-order chi connectivity index (χ0) is 23.3. The van der Waals surface area contributed by atoms with Crippen molar-refractivity contribution >= 4 is 17.6 Å². The molecule has 0 saturated heterocycles. The number of carbonyl (C=O) groups excluding carboxylic acids is 2. The first-order valence-corrected chi connectivity index (χ1v) is 11.1. The van der Waals surface area contributed by atoms with Gasteiger partial charge in [-0.3, -0.25) is 4.79 Å². The van der Waals surface area contributed by atoms with Crippen molar-refractivity contribution in [3.05, 3.63) is 29.8 Å². The summed E-state index contributed by atoms with van der Waals surface area (Å²) in [6.07, 6.45) is 2.25. The molecule has 0 fully saturated rings. The van der Waals surface area contributed by atoms with Crippen LogP contribution in [0.1, 0.15) is 37.0 Å². The van der Waals surface area contributed by atoms with Gasteiger partial charge >= 0.3 is 11.9 Å². The number of ether oxygens (including phenoxy) is 6. The molecule has 9 nitrogen and oxygen atoms in total. The molecule has 1 aromatic carbocycles. The summed E-state index contributed by atoms with van der Waals surface area (Å²) in [6, 6.07) is 7.26. The normalized spacial score (nSPS) is 10.7. The summed E-state index contributed by atoms with van der Waals surface area (Å²) in [6.45, 7) is 8.17. The van der Waals surface area contributed by atoms with Crippen LogP contribution in [0.4, 0.5) is 5.69 Å². The van der Waals surface area contributed by atoms with Crippen LogP contribution in [-0.2, 0) is 33.2 Å². The number of unbranched alkanes of at least 4 members (excludes halogenated alkanes) is 1. The van der Waals surface area contributed by atoms with Crippen molar-refractivity contribution in [1.29, 1.82) is 0 Å². The molecule has 0 aliphatic carbocycles. The summed E-state index contributed by atoms with van der Waals surface area (Å²) in [5.41, 5.74) is 1.51. The maximum absolute atomic E-state index is 12.0. The lowest BCUT2D eigenvalue weighted by Gasteiger charge is -2.09. The molecule has 1 aromatic rings. The lowest BCUT2D eigenvalue weighted by Crippen LogP contribution is -2.15. The minimum atomic E-state index is -0.363. The Labute approximate surface area is 190 Å². The molecule has 9 heteroatoms. The molecule has 0 heterocycles. The third kappa shape index (κ3) is 15.6. The minimum absolute atomic E-state index is 0.190. The van der Waals surface area contributed by atoms with Crippen molar-refractivity contribution in [3.8, 4) is 0 Å². The number of hydrogen-bond acceptors (Lipinski definition) is 9. The van der Waals surface area contributed by atoms with E-state index >= 15 is 0 Å². The Morgan fingerprint density at radius 3 is 1.66 bits per heavy atom. The molecular formula is C23H37NO8. The van der Waals surface area contributed by atoms with Crippen LogP contribution in [-0.4, -0.2) is 84.6 Å². The maximum Gasteiger partial charge on any atom is 0.338 e. The van der Waals surface area contributed by atoms with Crippen LogP contribution in [0.25, 0.3) is 0 Å². The fourth-order valence-corrected chi connectivity index (χ4v) is 2.42. The van der Waals surface area contributed by atoms with Crippen molar-refractivity contribution in [3.63, 3.8) is 0 Å². The third-order valence-electron chi connectivity index (χ3n) is 4.09. The first-order valence-electron chi connectivity index (χ1n) is 11.1. The van der Waals surface area contributed by atoms with Gasteiger partial charge in [-0.05, 0) is 30.7 Å². The Morgan fingerprint density at radius 1 is 0.719 bits per heavy atom. The second kappa shape index (κ2) is 19.5. The SMILES string of the molecule is CCCCNc1ccc(C(=O)OCCOCCOCCOCCOCCOC(C)=O)cc1. The average Bonchev–Trinajstić information content (AvgIpc) is 2.79. The summed E-state index contributed by atoms with van der Waals surface area (Å²) in [7, 11) is 0. The minimum Gasteiger partial charge on any atom is -0.463 e. The Balaban J connectivity index is 1.88. The summed E-state index contributed by atoms with van der Waals surface area (Å²) >= 11 is 0. The van der Waals surface area contributed by atoms with E-state index in [4.69, 9.17) is 28.4 Å². The molecule has 0 spiro atoms. The predicted molar refractivity (Wildman–Crippen MR) is 120 cm³/mol. The van der Waals surface area contributed by atoms with Gasteiger partial charge in [0.2, 0.25) is 0 Å². The van der Waals surface area contributed by atoms with E-state index in [0.29, 0.717) is 58.4 Å². The average molecular weight is 456 g/mol. The number of rotatable bonds is 20. The fraction of sp³-hybridized carbons (Fsp3) is 0.652. The lowest BCUT2D eigenvalue weighted by atomic mass is 10.2. The molecule has 32 heavy (non-hydrogen) atoms. The Morgan fingerprint density at radius 2 is 1.19 bits per heavy atom. The summed E-state index contributed by atoms with van der Waals surface area (Å²) in [4.78, 5) is 22.6. The van der Waals surface area contributed by atoms with Gasteiger partial charge in [0.1, 0.15) is 13.2 Å². The van der Waals surface area contributed by atoms with E-state index in [2.05, 4.69) is 12.2 Å². The van der Waals surface area contributed by atoms with Gasteiger partial charge in [0, 0.05) is 19.2 Å². The van der Waals surface area contributed by atoms with Crippen LogP contribution in [0.15, 0.2) is 24.3 Å². The summed E-state index contributed by atoms with van der Waals surface area (Å²) in [5.74, 6) is -0.680. The van der Waals surface area contributed by atoms with Gasteiger partial charge < -0.3 is 33.7 Å². The van der Waals surface area contributed by atoms with Gasteiger partial charge in [0.25, 0.3) is 0 Å². The second-order valence-electron chi connectivity index (χ2n) is 6.78. The van der Waals surface area contributed by atoms with Gasteiger partial charge in [-0.1, -0.05) is 13.3 Å². The predicted octanol–water partition coefficient (Wildman–Crippen LogP) is 2.68. The molecule has 0 saturated carbocycles. The second-order valence-corrected chi connectivity index (χ2v) is 6.78. The molecule has 0 aliphatic heterocycles. The van der Waals surface area contributed by atoms with Crippen LogP contribution in [0.2, 0.25) is 0 Å². The molecule has 0 amide bonds. The lowest BCUT2D eigenvalue weighted by molar-refractivity contribution is -0.142. The highest BCUT2D eigenvalue weighted by Gasteiger charge is 2.06. The molecule has 1 rings (SSSR count). The third-order valence-corrected chi connectivity index (χ3v) is 4.09. The molecule has 0 unspecified atom stereocenters. The largest absolute Gasteiger partial charge is 0.463 e. The van der Waals surface area contributed by atoms with E-state index in [1.54, 1.807) is 12.1 Å². The van der Waals surface area contributed by atoms with Crippen LogP contribution < -0.4 is 5.32 Å². The van der Waals surface area contributed by atoms with Gasteiger partial charge in [-0.15, -0.1) is 0 Å². The zero-order valence-electron chi connectivity index (χ0n) is 19.3. The molecule has 0 aliphatic rings. The topological polar surface area (TPSA) is 102 Å². The van der Waals surface area contributed by atoms with E-state index in [-0.39, 0.29) is 25.2 Å². The van der Waals surface area contributed by atoms with Crippen LogP contribution >= 0.6 is 0 Å². The van der Waals surface area contributed by atoms with E-state index in [1.165, 1.54) is 6.92 Å². The maximum atomic E-state index is 12.0. The van der Waals surface area contributed by atoms with Crippen LogP contribution in [0.3, 0.4) is 0 Å². The first kappa shape index (κ1) is 27.8. The number of esters is 2. The standard InChI is InChI=1S/C23H37NO8/c1-3-4-9-24-22-7-5-21(6-8-22)23(26)32-19-17-30-15-13-28-11-10-27-12-14-29-16-18-31-20(2)25/h5-8,24H,3-4,9-19H2,1-2H3. The van der Waals surface area contributed by atoms with Gasteiger partial charge in [0.05, 0.1) is 58.4 Å². The Bertz CT molecular complexity index is 609.